The standard InChI is InChI=1S/C10H21NO.C9H18N2O3.C9H19NO2.C8H15NO2.C7H17NO.C7H14O/c1-9(2,3)8-7-12-10(4,5)11(8)6;1-9(2)10(3)7(6-14-9)8(12)11(4)13-5;1-8(2,11)7-6-12-9(3,4)10(7)5;1-6(10)7-5-11-8(2,3)9(7)4;1-7(2,3)6(5-9)8-4;1-6(5-8)7(2,3)4/h8H,7H2,1-6H3;7H,6H2,1-5H3;7,11H,6H2,1-5H3;7H,5H2,1-4H3;6,8-9H,5H2,1-4H3;5-6H,1-4H3/t8-;;2*7-;2*6-/m1.1111/s1. The predicted octanol–water partition coefficient (Wildman–Crippen LogP) is 6.12. The minimum Gasteiger partial charge on any atom is -0.395 e. The van der Waals surface area contributed by atoms with Gasteiger partial charge in [0.25, 0.3) is 5.91 Å². The van der Waals surface area contributed by atoms with E-state index in [2.05, 4.69) is 98.3 Å². The van der Waals surface area contributed by atoms with Crippen molar-refractivity contribution in [3.63, 3.8) is 0 Å². The Hall–Kier alpha value is -1.67. The van der Waals surface area contributed by atoms with Gasteiger partial charge in [-0.3, -0.25) is 34.0 Å². The van der Waals surface area contributed by atoms with E-state index in [9.17, 15) is 19.5 Å². The first-order chi connectivity index (χ1) is 29.3. The van der Waals surface area contributed by atoms with Crippen LogP contribution in [0.15, 0.2) is 0 Å². The molecule has 4 fully saturated rings. The number of nitrogens with zero attached hydrogens (tertiary/aromatic N) is 5. The summed E-state index contributed by atoms with van der Waals surface area (Å²) in [5.74, 6) is 0.265. The van der Waals surface area contributed by atoms with Crippen LogP contribution < -0.4 is 5.32 Å². The van der Waals surface area contributed by atoms with Gasteiger partial charge in [-0.25, -0.2) is 5.06 Å². The molecule has 0 spiro atoms. The zero-order chi connectivity index (χ0) is 53.0. The van der Waals surface area contributed by atoms with Crippen molar-refractivity contribution in [1.29, 1.82) is 0 Å². The number of hydrogen-bond acceptors (Lipinski definition) is 15. The Kier molecular flexibility index (Phi) is 26.1. The van der Waals surface area contributed by atoms with Crippen LogP contribution in [0.5, 0.6) is 0 Å². The van der Waals surface area contributed by atoms with E-state index >= 15 is 0 Å². The third kappa shape index (κ3) is 20.7. The van der Waals surface area contributed by atoms with E-state index in [1.54, 1.807) is 14.0 Å². The molecule has 1 unspecified atom stereocenters. The van der Waals surface area contributed by atoms with Crippen LogP contribution in [0.1, 0.15) is 145 Å². The monoisotopic (exact) mass is 949 g/mol. The predicted molar refractivity (Wildman–Crippen MR) is 267 cm³/mol. The molecule has 0 aromatic carbocycles. The van der Waals surface area contributed by atoms with E-state index in [4.69, 9.17) is 28.9 Å². The average molecular weight is 949 g/mol. The van der Waals surface area contributed by atoms with E-state index in [1.807, 2.05) is 100 Å². The van der Waals surface area contributed by atoms with Gasteiger partial charge in [-0.05, 0) is 128 Å². The fraction of sp³-hybridized carbons (Fsp3) is 0.940. The first-order valence-corrected chi connectivity index (χ1v) is 23.6. The summed E-state index contributed by atoms with van der Waals surface area (Å²) in [6.45, 7) is 45.1. The van der Waals surface area contributed by atoms with Gasteiger partial charge in [0.1, 0.15) is 41.0 Å². The lowest BCUT2D eigenvalue weighted by molar-refractivity contribution is -0.173. The summed E-state index contributed by atoms with van der Waals surface area (Å²) in [4.78, 5) is 46.0. The molecule has 0 bridgehead atoms. The third-order valence-corrected chi connectivity index (χ3v) is 13.9. The SMILES string of the molecule is CC(=O)[C@H]1COC(C)(C)N1C.CN1[C@@H](C(C)(C)C)COC1(C)C.CN1[C@@H](C(C)(C)O)COC1(C)C.CN[C@H](CO)C(C)(C)C.CON(C)C(=O)C1COC(C)(C)N1C.C[C@H](C=O)C(C)(C)C. The van der Waals surface area contributed by atoms with Crippen LogP contribution in [0.2, 0.25) is 0 Å². The van der Waals surface area contributed by atoms with Crippen LogP contribution in [0.4, 0.5) is 0 Å². The summed E-state index contributed by atoms with van der Waals surface area (Å²) in [6.07, 6.45) is 1.00. The quantitative estimate of drug-likeness (QED) is 0.197. The number of carbonyl (C=O) groups is 3. The van der Waals surface area contributed by atoms with Crippen LogP contribution in [0.3, 0.4) is 0 Å². The van der Waals surface area contributed by atoms with Crippen molar-refractivity contribution >= 4 is 18.0 Å². The summed E-state index contributed by atoms with van der Waals surface area (Å²) in [6, 6.07) is 0.525. The molecule has 0 saturated carbocycles. The van der Waals surface area contributed by atoms with Crippen LogP contribution in [-0.4, -0.2) is 194 Å². The lowest BCUT2D eigenvalue weighted by atomic mass is 9.83. The van der Waals surface area contributed by atoms with E-state index < -0.39 is 5.60 Å². The Labute approximate surface area is 404 Å². The molecule has 0 aliphatic carbocycles. The van der Waals surface area contributed by atoms with E-state index in [0.29, 0.717) is 31.3 Å². The second kappa shape index (κ2) is 26.0. The Morgan fingerprint density at radius 2 is 1.05 bits per heavy atom. The molecule has 4 rings (SSSR count). The molecular weight excluding hydrogens is 845 g/mol. The Balaban J connectivity index is 0. The minimum absolute atomic E-state index is 0.0509. The Bertz CT molecular complexity index is 1400. The fourth-order valence-electron chi connectivity index (χ4n) is 6.93. The van der Waals surface area contributed by atoms with E-state index in [0.717, 1.165) is 12.9 Å². The van der Waals surface area contributed by atoms with Crippen molar-refractivity contribution < 1.29 is 48.4 Å². The number of nitrogens with one attached hydrogen (secondary N) is 1. The highest BCUT2D eigenvalue weighted by Crippen LogP contribution is 2.35. The number of aldehydes is 1. The van der Waals surface area contributed by atoms with E-state index in [1.165, 1.54) is 12.2 Å². The second-order valence-corrected chi connectivity index (χ2v) is 23.9. The van der Waals surface area contributed by atoms with Gasteiger partial charge in [-0.15, -0.1) is 0 Å². The maximum absolute atomic E-state index is 11.8. The number of carbonyl (C=O) groups excluding carboxylic acids is 3. The van der Waals surface area contributed by atoms with Crippen LogP contribution >= 0.6 is 0 Å². The molecule has 4 aliphatic rings. The number of hydrogen-bond donors (Lipinski definition) is 3. The van der Waals surface area contributed by atoms with Crippen LogP contribution in [-0.2, 0) is 38.2 Å². The van der Waals surface area contributed by atoms with Crippen LogP contribution in [0.25, 0.3) is 0 Å². The molecule has 16 heteroatoms. The van der Waals surface area contributed by atoms with Crippen molar-refractivity contribution in [3.8, 4) is 0 Å². The molecule has 4 aliphatic heterocycles. The van der Waals surface area contributed by atoms with Gasteiger partial charge >= 0.3 is 0 Å². The Morgan fingerprint density at radius 3 is 1.18 bits per heavy atom. The van der Waals surface area contributed by atoms with Gasteiger partial charge in [0.2, 0.25) is 0 Å². The number of ether oxygens (including phenoxy) is 4. The minimum atomic E-state index is -0.692. The van der Waals surface area contributed by atoms with Crippen molar-refractivity contribution in [2.75, 3.05) is 82.4 Å². The maximum atomic E-state index is 11.8. The van der Waals surface area contributed by atoms with Gasteiger partial charge in [0, 0.05) is 25.0 Å². The van der Waals surface area contributed by atoms with Crippen molar-refractivity contribution in [1.82, 2.24) is 30.0 Å². The average Bonchev–Trinajstić information content (AvgIpc) is 3.81. The second-order valence-electron chi connectivity index (χ2n) is 23.9. The topological polar surface area (TPSA) is 166 Å². The molecule has 1 amide bonds. The van der Waals surface area contributed by atoms with Gasteiger partial charge in [-0.2, -0.15) is 0 Å². The zero-order valence-electron chi connectivity index (χ0n) is 47.5. The molecular formula is C50H104N6O10. The maximum Gasteiger partial charge on any atom is 0.265 e. The zero-order valence-corrected chi connectivity index (χ0v) is 47.5. The summed E-state index contributed by atoms with van der Waals surface area (Å²) >= 11 is 0. The van der Waals surface area contributed by atoms with Gasteiger partial charge < -0.3 is 39.3 Å². The van der Waals surface area contributed by atoms with Crippen molar-refractivity contribution in [2.24, 2.45) is 22.2 Å². The first-order valence-electron chi connectivity index (χ1n) is 23.6. The lowest BCUT2D eigenvalue weighted by Gasteiger charge is -2.36. The van der Waals surface area contributed by atoms with E-state index in [-0.39, 0.29) is 82.1 Å². The number of aliphatic hydroxyl groups excluding tert-OH is 1. The Morgan fingerprint density at radius 1 is 0.697 bits per heavy atom. The molecule has 0 radical (unpaired) electrons. The smallest absolute Gasteiger partial charge is 0.265 e. The molecule has 6 atom stereocenters. The molecule has 16 nitrogen and oxygen atoms in total. The largest absolute Gasteiger partial charge is 0.395 e. The molecule has 0 aromatic rings. The fourth-order valence-corrected chi connectivity index (χ4v) is 6.93. The number of Topliss-reactive ketones (excluding diaryl/α,β-unsaturated/α-hetero) is 1. The molecule has 3 N–H and O–H groups in total. The van der Waals surface area contributed by atoms with Crippen LogP contribution in [0, 0.1) is 22.2 Å². The number of likely N-dealkylation sites (N-methyl/N-ethyl adjacent to an activating group) is 6. The first kappa shape index (κ1) is 66.4. The number of ketones is 1. The normalized spacial score (nSPS) is 26.0. The molecule has 394 valence electrons. The number of amides is 1. The van der Waals surface area contributed by atoms with Gasteiger partial charge in [0.15, 0.2) is 0 Å². The molecule has 66 heavy (non-hydrogen) atoms. The summed E-state index contributed by atoms with van der Waals surface area (Å²) in [7, 11) is 12.9. The van der Waals surface area contributed by atoms with Gasteiger partial charge in [0.05, 0.1) is 57.8 Å². The molecule has 4 heterocycles. The van der Waals surface area contributed by atoms with Gasteiger partial charge in [-0.1, -0.05) is 69.2 Å². The number of hydroxylamine groups is 2. The highest BCUT2D eigenvalue weighted by molar-refractivity contribution is 5.82. The summed E-state index contributed by atoms with van der Waals surface area (Å²) < 4.78 is 22.2. The van der Waals surface area contributed by atoms with Crippen molar-refractivity contribution in [3.05, 3.63) is 0 Å². The third-order valence-electron chi connectivity index (χ3n) is 13.9. The number of aliphatic hydroxyl groups is 2. The lowest BCUT2D eigenvalue weighted by Crippen LogP contribution is -2.50. The van der Waals surface area contributed by atoms with Crippen molar-refractivity contribution in [2.45, 2.75) is 204 Å². The summed E-state index contributed by atoms with van der Waals surface area (Å²) in [5.41, 5.74) is -1.08. The molecule has 0 aromatic heterocycles. The highest BCUT2D eigenvalue weighted by atomic mass is 16.7. The highest BCUT2D eigenvalue weighted by Gasteiger charge is 2.46. The summed E-state index contributed by atoms with van der Waals surface area (Å²) in [5, 5.41) is 22.9. The number of rotatable bonds is 7. The molecule has 4 saturated heterocycles.